The van der Waals surface area contributed by atoms with Gasteiger partial charge in [-0.05, 0) is 44.2 Å². The van der Waals surface area contributed by atoms with E-state index in [1.165, 1.54) is 30.4 Å². The van der Waals surface area contributed by atoms with E-state index >= 15 is 0 Å². The highest BCUT2D eigenvalue weighted by Crippen LogP contribution is 2.28. The normalized spacial score (nSPS) is 26.4. The van der Waals surface area contributed by atoms with Crippen LogP contribution < -0.4 is 5.73 Å². The molecule has 1 fully saturated rings. The summed E-state index contributed by atoms with van der Waals surface area (Å²) in [7, 11) is 0. The molecule has 0 saturated carbocycles. The van der Waals surface area contributed by atoms with Gasteiger partial charge in [-0.25, -0.2) is 0 Å². The molecule has 2 N–H and O–H groups in total. The highest BCUT2D eigenvalue weighted by Gasteiger charge is 2.30. The Hall–Kier alpha value is -0.860. The quantitative estimate of drug-likeness (QED) is 0.883. The zero-order chi connectivity index (χ0) is 13.1. The van der Waals surface area contributed by atoms with Gasteiger partial charge < -0.3 is 5.73 Å². The fourth-order valence-electron chi connectivity index (χ4n) is 3.22. The van der Waals surface area contributed by atoms with Gasteiger partial charge in [0.1, 0.15) is 0 Å². The highest BCUT2D eigenvalue weighted by atomic mass is 15.2. The Morgan fingerprint density at radius 3 is 2.72 bits per heavy atom. The topological polar surface area (TPSA) is 29.3 Å². The summed E-state index contributed by atoms with van der Waals surface area (Å²) in [6.45, 7) is 7.76. The lowest BCUT2D eigenvalue weighted by Crippen LogP contribution is -2.39. The monoisotopic (exact) mass is 246 g/mol. The molecule has 1 heterocycles. The molecule has 0 amide bonds. The Bertz CT molecular complexity index is 388. The van der Waals surface area contributed by atoms with Gasteiger partial charge in [0.2, 0.25) is 0 Å². The van der Waals surface area contributed by atoms with Gasteiger partial charge >= 0.3 is 0 Å². The SMILES string of the molecule is CCC1CCC(C)N1CC(N)c1ccccc1C. The van der Waals surface area contributed by atoms with E-state index in [0.29, 0.717) is 6.04 Å². The first kappa shape index (κ1) is 13.6. The standard InChI is InChI=1S/C16H26N2/c1-4-14-10-9-13(3)18(14)11-16(17)15-8-6-5-7-12(15)2/h5-8,13-14,16H,4,9-11,17H2,1-3H3. The van der Waals surface area contributed by atoms with Gasteiger partial charge in [0, 0.05) is 24.7 Å². The van der Waals surface area contributed by atoms with Crippen molar-refractivity contribution in [3.63, 3.8) is 0 Å². The summed E-state index contributed by atoms with van der Waals surface area (Å²) in [5.41, 5.74) is 9.02. The molecule has 1 aliphatic heterocycles. The lowest BCUT2D eigenvalue weighted by molar-refractivity contribution is 0.186. The lowest BCUT2D eigenvalue weighted by Gasteiger charge is -2.31. The van der Waals surface area contributed by atoms with Crippen LogP contribution in [0, 0.1) is 6.92 Å². The van der Waals surface area contributed by atoms with Crippen molar-refractivity contribution in [2.75, 3.05) is 6.54 Å². The van der Waals surface area contributed by atoms with Gasteiger partial charge in [0.25, 0.3) is 0 Å². The van der Waals surface area contributed by atoms with Crippen molar-refractivity contribution in [3.05, 3.63) is 35.4 Å². The van der Waals surface area contributed by atoms with Gasteiger partial charge in [-0.2, -0.15) is 0 Å². The van der Waals surface area contributed by atoms with Crippen molar-refractivity contribution in [2.45, 2.75) is 58.2 Å². The maximum absolute atomic E-state index is 6.41. The number of nitrogens with zero attached hydrogens (tertiary/aromatic N) is 1. The van der Waals surface area contributed by atoms with Gasteiger partial charge in [-0.1, -0.05) is 31.2 Å². The van der Waals surface area contributed by atoms with Crippen LogP contribution in [-0.4, -0.2) is 23.5 Å². The molecule has 3 atom stereocenters. The Kier molecular flexibility index (Phi) is 4.41. The van der Waals surface area contributed by atoms with Crippen LogP contribution in [-0.2, 0) is 0 Å². The molecule has 1 aliphatic rings. The third kappa shape index (κ3) is 2.76. The zero-order valence-electron chi connectivity index (χ0n) is 11.9. The number of hydrogen-bond acceptors (Lipinski definition) is 2. The van der Waals surface area contributed by atoms with Crippen molar-refractivity contribution in [1.82, 2.24) is 4.90 Å². The third-order valence-electron chi connectivity index (χ3n) is 4.42. The molecule has 0 spiro atoms. The van der Waals surface area contributed by atoms with Crippen molar-refractivity contribution in [3.8, 4) is 0 Å². The second kappa shape index (κ2) is 5.85. The van der Waals surface area contributed by atoms with Crippen LogP contribution in [0.4, 0.5) is 0 Å². The Morgan fingerprint density at radius 1 is 1.33 bits per heavy atom. The molecular weight excluding hydrogens is 220 g/mol. The molecule has 2 nitrogen and oxygen atoms in total. The summed E-state index contributed by atoms with van der Waals surface area (Å²) in [4.78, 5) is 2.61. The van der Waals surface area contributed by atoms with E-state index in [9.17, 15) is 0 Å². The minimum atomic E-state index is 0.140. The van der Waals surface area contributed by atoms with E-state index in [0.717, 1.165) is 12.6 Å². The Labute approximate surface area is 111 Å². The van der Waals surface area contributed by atoms with Crippen LogP contribution in [0.5, 0.6) is 0 Å². The zero-order valence-corrected chi connectivity index (χ0v) is 11.9. The maximum Gasteiger partial charge on any atom is 0.0427 e. The largest absolute Gasteiger partial charge is 0.323 e. The van der Waals surface area contributed by atoms with E-state index < -0.39 is 0 Å². The molecule has 3 unspecified atom stereocenters. The summed E-state index contributed by atoms with van der Waals surface area (Å²) < 4.78 is 0. The summed E-state index contributed by atoms with van der Waals surface area (Å²) >= 11 is 0. The molecule has 0 bridgehead atoms. The van der Waals surface area contributed by atoms with Crippen LogP contribution in [0.15, 0.2) is 24.3 Å². The fourth-order valence-corrected chi connectivity index (χ4v) is 3.22. The summed E-state index contributed by atoms with van der Waals surface area (Å²) in [5.74, 6) is 0. The van der Waals surface area contributed by atoms with Crippen LogP contribution in [0.2, 0.25) is 0 Å². The summed E-state index contributed by atoms with van der Waals surface area (Å²) in [6, 6.07) is 10.0. The summed E-state index contributed by atoms with van der Waals surface area (Å²) in [6.07, 6.45) is 3.89. The minimum absolute atomic E-state index is 0.140. The molecule has 0 radical (unpaired) electrons. The van der Waals surface area contributed by atoms with Crippen LogP contribution in [0.25, 0.3) is 0 Å². The second-order valence-electron chi connectivity index (χ2n) is 5.65. The van der Waals surface area contributed by atoms with Crippen molar-refractivity contribution >= 4 is 0 Å². The molecule has 1 saturated heterocycles. The van der Waals surface area contributed by atoms with Crippen molar-refractivity contribution in [1.29, 1.82) is 0 Å². The predicted octanol–water partition coefficient (Wildman–Crippen LogP) is 3.26. The van der Waals surface area contributed by atoms with E-state index in [1.807, 2.05) is 0 Å². The van der Waals surface area contributed by atoms with E-state index in [1.54, 1.807) is 0 Å². The number of rotatable bonds is 4. The molecule has 18 heavy (non-hydrogen) atoms. The molecule has 0 aromatic heterocycles. The maximum atomic E-state index is 6.41. The van der Waals surface area contributed by atoms with Crippen molar-refractivity contribution in [2.24, 2.45) is 5.73 Å². The number of aryl methyl sites for hydroxylation is 1. The second-order valence-corrected chi connectivity index (χ2v) is 5.65. The average Bonchev–Trinajstić information content (AvgIpc) is 2.71. The first-order valence-corrected chi connectivity index (χ1v) is 7.20. The molecule has 0 aliphatic carbocycles. The third-order valence-corrected chi connectivity index (χ3v) is 4.42. The van der Waals surface area contributed by atoms with E-state index in [4.69, 9.17) is 5.73 Å². The van der Waals surface area contributed by atoms with Gasteiger partial charge in [0.05, 0.1) is 0 Å². The predicted molar refractivity (Wildman–Crippen MR) is 77.6 cm³/mol. The molecular formula is C16H26N2. The minimum Gasteiger partial charge on any atom is -0.323 e. The molecule has 2 rings (SSSR count). The number of likely N-dealkylation sites (tertiary alicyclic amines) is 1. The lowest BCUT2D eigenvalue weighted by atomic mass is 10.0. The van der Waals surface area contributed by atoms with Crippen LogP contribution in [0.1, 0.15) is 50.3 Å². The Balaban J connectivity index is 2.07. The number of nitrogens with two attached hydrogens (primary N) is 1. The van der Waals surface area contributed by atoms with E-state index in [2.05, 4.69) is 49.9 Å². The van der Waals surface area contributed by atoms with E-state index in [-0.39, 0.29) is 6.04 Å². The molecule has 1 aromatic rings. The summed E-state index contributed by atoms with van der Waals surface area (Å²) in [5, 5.41) is 0. The van der Waals surface area contributed by atoms with Crippen LogP contribution >= 0.6 is 0 Å². The van der Waals surface area contributed by atoms with Gasteiger partial charge in [0.15, 0.2) is 0 Å². The first-order chi connectivity index (χ1) is 8.63. The van der Waals surface area contributed by atoms with Gasteiger partial charge in [-0.3, -0.25) is 4.90 Å². The van der Waals surface area contributed by atoms with Crippen molar-refractivity contribution < 1.29 is 0 Å². The fraction of sp³-hybridized carbons (Fsp3) is 0.625. The Morgan fingerprint density at radius 2 is 2.06 bits per heavy atom. The number of hydrogen-bond donors (Lipinski definition) is 1. The van der Waals surface area contributed by atoms with Crippen LogP contribution in [0.3, 0.4) is 0 Å². The van der Waals surface area contributed by atoms with Gasteiger partial charge in [-0.15, -0.1) is 0 Å². The molecule has 100 valence electrons. The average molecular weight is 246 g/mol. The smallest absolute Gasteiger partial charge is 0.0427 e. The first-order valence-electron chi connectivity index (χ1n) is 7.20. The highest BCUT2D eigenvalue weighted by molar-refractivity contribution is 5.28. The number of benzene rings is 1. The molecule has 2 heteroatoms. The molecule has 1 aromatic carbocycles.